The molecular formula is C7H14N2O. The van der Waals surface area contributed by atoms with Crippen LogP contribution in [0.1, 0.15) is 13.3 Å². The van der Waals surface area contributed by atoms with Crippen LogP contribution >= 0.6 is 0 Å². The fourth-order valence-electron chi connectivity index (χ4n) is 1.00. The van der Waals surface area contributed by atoms with Gasteiger partial charge in [0.15, 0.2) is 0 Å². The number of hydrogen-bond acceptors (Lipinski definition) is 2. The molecule has 1 aliphatic heterocycles. The molecule has 0 aromatic carbocycles. The first kappa shape index (κ1) is 7.54. The molecule has 3 nitrogen and oxygen atoms in total. The quantitative estimate of drug-likeness (QED) is 0.569. The summed E-state index contributed by atoms with van der Waals surface area (Å²) in [5.74, 6) is 0.874. The van der Waals surface area contributed by atoms with Crippen LogP contribution in [0.2, 0.25) is 0 Å². The fraction of sp³-hybridized carbons (Fsp3) is 0.857. The Balaban J connectivity index is 1.89. The van der Waals surface area contributed by atoms with E-state index in [9.17, 15) is 4.79 Å². The standard InChI is InChI=1S/C7H14N2O/c1-6(10)9-3-2-7-4-8-5-7/h7-8H,2-5H2,1H3,(H,9,10). The van der Waals surface area contributed by atoms with Crippen LogP contribution in [-0.2, 0) is 4.79 Å². The summed E-state index contributed by atoms with van der Waals surface area (Å²) in [6.45, 7) is 4.64. The van der Waals surface area contributed by atoms with E-state index in [1.54, 1.807) is 6.92 Å². The summed E-state index contributed by atoms with van der Waals surface area (Å²) in [6, 6.07) is 0. The first-order valence-electron chi connectivity index (χ1n) is 3.74. The highest BCUT2D eigenvalue weighted by molar-refractivity contribution is 5.72. The van der Waals surface area contributed by atoms with Crippen molar-refractivity contribution in [1.29, 1.82) is 0 Å². The van der Waals surface area contributed by atoms with Crippen molar-refractivity contribution in [2.24, 2.45) is 5.92 Å². The van der Waals surface area contributed by atoms with Gasteiger partial charge in [0, 0.05) is 13.5 Å². The van der Waals surface area contributed by atoms with Gasteiger partial charge in [-0.2, -0.15) is 0 Å². The van der Waals surface area contributed by atoms with Crippen molar-refractivity contribution in [3.8, 4) is 0 Å². The maximum atomic E-state index is 10.4. The average Bonchev–Trinajstić information content (AvgIpc) is 1.75. The second-order valence-corrected chi connectivity index (χ2v) is 2.80. The molecule has 10 heavy (non-hydrogen) atoms. The summed E-state index contributed by atoms with van der Waals surface area (Å²) in [4.78, 5) is 10.4. The van der Waals surface area contributed by atoms with Crippen LogP contribution in [0.4, 0.5) is 0 Å². The highest BCUT2D eigenvalue weighted by Gasteiger charge is 2.15. The van der Waals surface area contributed by atoms with Crippen LogP contribution in [0.3, 0.4) is 0 Å². The summed E-state index contributed by atoms with van der Waals surface area (Å²) in [5, 5.41) is 5.96. The minimum Gasteiger partial charge on any atom is -0.356 e. The molecule has 1 heterocycles. The number of carbonyl (C=O) groups excluding carboxylic acids is 1. The van der Waals surface area contributed by atoms with Gasteiger partial charge in [-0.15, -0.1) is 0 Å². The van der Waals surface area contributed by atoms with E-state index in [2.05, 4.69) is 10.6 Å². The molecule has 0 radical (unpaired) electrons. The van der Waals surface area contributed by atoms with Crippen molar-refractivity contribution in [3.63, 3.8) is 0 Å². The Morgan fingerprint density at radius 3 is 2.80 bits per heavy atom. The summed E-state index contributed by atoms with van der Waals surface area (Å²) < 4.78 is 0. The Morgan fingerprint density at radius 2 is 2.40 bits per heavy atom. The number of rotatable bonds is 3. The lowest BCUT2D eigenvalue weighted by molar-refractivity contribution is -0.119. The predicted molar refractivity (Wildman–Crippen MR) is 39.7 cm³/mol. The minimum absolute atomic E-state index is 0.0762. The average molecular weight is 142 g/mol. The molecule has 0 aromatic rings. The monoisotopic (exact) mass is 142 g/mol. The molecule has 3 heteroatoms. The van der Waals surface area contributed by atoms with Crippen molar-refractivity contribution < 1.29 is 4.79 Å². The van der Waals surface area contributed by atoms with Gasteiger partial charge in [0.25, 0.3) is 0 Å². The molecule has 58 valence electrons. The van der Waals surface area contributed by atoms with Gasteiger partial charge in [-0.25, -0.2) is 0 Å². The Bertz CT molecular complexity index is 121. The van der Waals surface area contributed by atoms with E-state index in [4.69, 9.17) is 0 Å². The van der Waals surface area contributed by atoms with E-state index in [1.807, 2.05) is 0 Å². The lowest BCUT2D eigenvalue weighted by atomic mass is 10.00. The topological polar surface area (TPSA) is 41.1 Å². The zero-order valence-electron chi connectivity index (χ0n) is 6.31. The van der Waals surface area contributed by atoms with Gasteiger partial charge in [0.2, 0.25) is 5.91 Å². The van der Waals surface area contributed by atoms with Gasteiger partial charge < -0.3 is 10.6 Å². The fourth-order valence-corrected chi connectivity index (χ4v) is 1.00. The molecule has 1 amide bonds. The molecule has 0 aliphatic carbocycles. The summed E-state index contributed by atoms with van der Waals surface area (Å²) in [7, 11) is 0. The zero-order chi connectivity index (χ0) is 7.40. The van der Waals surface area contributed by atoms with E-state index in [-0.39, 0.29) is 5.91 Å². The molecule has 0 saturated carbocycles. The lowest BCUT2D eigenvalue weighted by Gasteiger charge is -2.26. The minimum atomic E-state index is 0.0762. The highest BCUT2D eigenvalue weighted by Crippen LogP contribution is 2.05. The molecule has 0 atom stereocenters. The van der Waals surface area contributed by atoms with E-state index in [1.165, 1.54) is 0 Å². The first-order chi connectivity index (χ1) is 4.79. The molecule has 0 bridgehead atoms. The van der Waals surface area contributed by atoms with Crippen molar-refractivity contribution in [2.45, 2.75) is 13.3 Å². The Kier molecular flexibility index (Phi) is 2.68. The van der Waals surface area contributed by atoms with Crippen LogP contribution in [0.15, 0.2) is 0 Å². The van der Waals surface area contributed by atoms with Crippen molar-refractivity contribution in [3.05, 3.63) is 0 Å². The third kappa shape index (κ3) is 2.35. The second kappa shape index (κ2) is 3.56. The van der Waals surface area contributed by atoms with Crippen LogP contribution in [0.5, 0.6) is 0 Å². The van der Waals surface area contributed by atoms with Crippen molar-refractivity contribution in [1.82, 2.24) is 10.6 Å². The van der Waals surface area contributed by atoms with Crippen LogP contribution in [0.25, 0.3) is 0 Å². The van der Waals surface area contributed by atoms with E-state index >= 15 is 0 Å². The van der Waals surface area contributed by atoms with Gasteiger partial charge in [-0.1, -0.05) is 0 Å². The van der Waals surface area contributed by atoms with Crippen molar-refractivity contribution in [2.75, 3.05) is 19.6 Å². The normalized spacial score (nSPS) is 18.1. The molecule has 1 saturated heterocycles. The Labute approximate surface area is 61.2 Å². The van der Waals surface area contributed by atoms with E-state index in [0.717, 1.165) is 32.0 Å². The third-order valence-electron chi connectivity index (χ3n) is 1.79. The molecule has 0 spiro atoms. The Morgan fingerprint density at radius 1 is 1.70 bits per heavy atom. The molecular weight excluding hydrogens is 128 g/mol. The molecule has 1 fully saturated rings. The number of hydrogen-bond donors (Lipinski definition) is 2. The summed E-state index contributed by atoms with van der Waals surface area (Å²) in [5.41, 5.74) is 0. The smallest absolute Gasteiger partial charge is 0.216 e. The van der Waals surface area contributed by atoms with Gasteiger partial charge in [0.1, 0.15) is 0 Å². The summed E-state index contributed by atoms with van der Waals surface area (Å²) in [6.07, 6.45) is 1.12. The summed E-state index contributed by atoms with van der Waals surface area (Å²) >= 11 is 0. The van der Waals surface area contributed by atoms with Crippen LogP contribution < -0.4 is 10.6 Å². The maximum Gasteiger partial charge on any atom is 0.216 e. The number of amides is 1. The molecule has 1 rings (SSSR count). The predicted octanol–water partition coefficient (Wildman–Crippen LogP) is -0.268. The van der Waals surface area contributed by atoms with Gasteiger partial charge in [-0.3, -0.25) is 4.79 Å². The maximum absolute atomic E-state index is 10.4. The van der Waals surface area contributed by atoms with Gasteiger partial charge >= 0.3 is 0 Å². The highest BCUT2D eigenvalue weighted by atomic mass is 16.1. The third-order valence-corrected chi connectivity index (χ3v) is 1.79. The zero-order valence-corrected chi connectivity index (χ0v) is 6.31. The molecule has 0 unspecified atom stereocenters. The first-order valence-corrected chi connectivity index (χ1v) is 3.74. The van der Waals surface area contributed by atoms with E-state index in [0.29, 0.717) is 0 Å². The molecule has 1 aliphatic rings. The largest absolute Gasteiger partial charge is 0.356 e. The lowest BCUT2D eigenvalue weighted by Crippen LogP contribution is -2.43. The second-order valence-electron chi connectivity index (χ2n) is 2.80. The number of nitrogens with one attached hydrogen (secondary N) is 2. The van der Waals surface area contributed by atoms with Gasteiger partial charge in [0.05, 0.1) is 0 Å². The number of carbonyl (C=O) groups is 1. The SMILES string of the molecule is CC(=O)NCCC1CNC1. The van der Waals surface area contributed by atoms with Crippen molar-refractivity contribution >= 4 is 5.91 Å². The van der Waals surface area contributed by atoms with Gasteiger partial charge in [-0.05, 0) is 25.4 Å². The molecule has 0 aromatic heterocycles. The van der Waals surface area contributed by atoms with E-state index < -0.39 is 0 Å². The van der Waals surface area contributed by atoms with Crippen LogP contribution in [-0.4, -0.2) is 25.5 Å². The Hall–Kier alpha value is -0.570. The molecule has 2 N–H and O–H groups in total. The van der Waals surface area contributed by atoms with Crippen LogP contribution in [0, 0.1) is 5.92 Å².